The van der Waals surface area contributed by atoms with Gasteiger partial charge in [-0.05, 0) is 29.2 Å². The minimum absolute atomic E-state index is 0.0272. The van der Waals surface area contributed by atoms with Crippen LogP contribution in [0.5, 0.6) is 5.75 Å². The molecule has 0 bridgehead atoms. The lowest BCUT2D eigenvalue weighted by atomic mass is 9.86. The lowest BCUT2D eigenvalue weighted by molar-refractivity contribution is -0.104. The van der Waals surface area contributed by atoms with Gasteiger partial charge in [-0.2, -0.15) is 0 Å². The molecule has 0 N–H and O–H groups in total. The second-order valence-corrected chi connectivity index (χ2v) is 5.22. The summed E-state index contributed by atoms with van der Waals surface area (Å²) in [5, 5.41) is 0.392. The zero-order valence-electron chi connectivity index (χ0n) is 10.6. The summed E-state index contributed by atoms with van der Waals surface area (Å²) in [7, 11) is 1.58. The van der Waals surface area contributed by atoms with Gasteiger partial charge in [0.1, 0.15) is 12.0 Å². The van der Waals surface area contributed by atoms with Crippen LogP contribution in [-0.4, -0.2) is 13.4 Å². The fourth-order valence-electron chi connectivity index (χ4n) is 1.51. The van der Waals surface area contributed by atoms with Gasteiger partial charge in [0, 0.05) is 5.56 Å². The van der Waals surface area contributed by atoms with Crippen molar-refractivity contribution >= 4 is 22.9 Å². The molecular weight excluding hydrogens is 236 g/mol. The van der Waals surface area contributed by atoms with Crippen molar-refractivity contribution < 1.29 is 9.53 Å². The maximum atomic E-state index is 10.5. The lowest BCUT2D eigenvalue weighted by Gasteiger charge is -2.20. The van der Waals surface area contributed by atoms with Crippen LogP contribution in [0.4, 0.5) is 0 Å². The van der Waals surface area contributed by atoms with Crippen molar-refractivity contribution in [2.24, 2.45) is 0 Å². The molecule has 17 heavy (non-hydrogen) atoms. The molecule has 0 amide bonds. The monoisotopic (exact) mass is 252 g/mol. The van der Waals surface area contributed by atoms with Gasteiger partial charge in [-0.1, -0.05) is 38.4 Å². The van der Waals surface area contributed by atoms with Crippen LogP contribution in [0.25, 0.3) is 5.03 Å². The molecule has 0 atom stereocenters. The molecule has 0 spiro atoms. The van der Waals surface area contributed by atoms with Gasteiger partial charge in [-0.3, -0.25) is 4.79 Å². The quantitative estimate of drug-likeness (QED) is 0.605. The highest BCUT2D eigenvalue weighted by Crippen LogP contribution is 2.33. The SMILES string of the molecule is COc1ccc(C(C)(C)C)cc1C(Cl)=CC=O. The molecule has 0 unspecified atom stereocenters. The van der Waals surface area contributed by atoms with Crippen LogP contribution >= 0.6 is 11.6 Å². The summed E-state index contributed by atoms with van der Waals surface area (Å²) in [6.45, 7) is 6.36. The molecule has 1 rings (SSSR count). The second-order valence-electron chi connectivity index (χ2n) is 4.82. The highest BCUT2D eigenvalue weighted by atomic mass is 35.5. The minimum Gasteiger partial charge on any atom is -0.496 e. The van der Waals surface area contributed by atoms with Gasteiger partial charge in [0.2, 0.25) is 0 Å². The number of halogens is 1. The van der Waals surface area contributed by atoms with Gasteiger partial charge in [0.05, 0.1) is 12.1 Å². The first-order chi connectivity index (χ1) is 7.90. The molecule has 1 aromatic rings. The zero-order valence-corrected chi connectivity index (χ0v) is 11.3. The van der Waals surface area contributed by atoms with Crippen LogP contribution in [-0.2, 0) is 10.2 Å². The molecule has 0 saturated carbocycles. The first-order valence-corrected chi connectivity index (χ1v) is 5.78. The molecule has 0 saturated heterocycles. The molecule has 0 fully saturated rings. The van der Waals surface area contributed by atoms with E-state index >= 15 is 0 Å². The summed E-state index contributed by atoms with van der Waals surface area (Å²) in [5.74, 6) is 0.668. The Labute approximate surface area is 107 Å². The number of methoxy groups -OCH3 is 1. The van der Waals surface area contributed by atoms with E-state index in [-0.39, 0.29) is 5.41 Å². The Balaban J connectivity index is 3.34. The Bertz CT molecular complexity index is 442. The van der Waals surface area contributed by atoms with E-state index < -0.39 is 0 Å². The number of benzene rings is 1. The normalized spacial score (nSPS) is 12.4. The maximum absolute atomic E-state index is 10.5. The summed E-state index contributed by atoms with van der Waals surface area (Å²) >= 11 is 6.06. The van der Waals surface area contributed by atoms with Crippen LogP contribution in [0.3, 0.4) is 0 Å². The van der Waals surface area contributed by atoms with E-state index in [1.54, 1.807) is 7.11 Å². The maximum Gasteiger partial charge on any atom is 0.144 e. The third-order valence-corrected chi connectivity index (χ3v) is 2.87. The van der Waals surface area contributed by atoms with Crippen molar-refractivity contribution in [1.82, 2.24) is 0 Å². The highest BCUT2D eigenvalue weighted by Gasteiger charge is 2.16. The number of carbonyl (C=O) groups is 1. The minimum atomic E-state index is 0.0272. The molecule has 0 aliphatic heterocycles. The molecule has 1 aromatic carbocycles. The zero-order chi connectivity index (χ0) is 13.1. The van der Waals surface area contributed by atoms with Crippen molar-refractivity contribution in [3.63, 3.8) is 0 Å². The topological polar surface area (TPSA) is 26.3 Å². The summed E-state index contributed by atoms with van der Waals surface area (Å²) in [6, 6.07) is 5.84. The van der Waals surface area contributed by atoms with E-state index in [0.29, 0.717) is 17.1 Å². The Morgan fingerprint density at radius 3 is 2.47 bits per heavy atom. The summed E-state index contributed by atoms with van der Waals surface area (Å²) in [6.07, 6.45) is 2.00. The Morgan fingerprint density at radius 2 is 2.00 bits per heavy atom. The lowest BCUT2D eigenvalue weighted by Crippen LogP contribution is -2.11. The highest BCUT2D eigenvalue weighted by molar-refractivity contribution is 6.50. The van der Waals surface area contributed by atoms with E-state index in [1.165, 1.54) is 6.08 Å². The third-order valence-electron chi connectivity index (χ3n) is 2.54. The largest absolute Gasteiger partial charge is 0.496 e. The fraction of sp³-hybridized carbons (Fsp3) is 0.357. The van der Waals surface area contributed by atoms with Gasteiger partial charge in [0.25, 0.3) is 0 Å². The van der Waals surface area contributed by atoms with E-state index in [1.807, 2.05) is 18.2 Å². The van der Waals surface area contributed by atoms with Gasteiger partial charge in [0.15, 0.2) is 0 Å². The van der Waals surface area contributed by atoms with Gasteiger partial charge in [-0.15, -0.1) is 0 Å². The van der Waals surface area contributed by atoms with E-state index in [0.717, 1.165) is 11.1 Å². The smallest absolute Gasteiger partial charge is 0.144 e. The Kier molecular flexibility index (Phi) is 4.35. The predicted octanol–water partition coefficient (Wildman–Crippen LogP) is 3.77. The van der Waals surface area contributed by atoms with Gasteiger partial charge < -0.3 is 4.74 Å². The standard InChI is InChI=1S/C14H17ClO2/c1-14(2,3)10-5-6-13(17-4)11(9-10)12(15)7-8-16/h5-9H,1-4H3. The van der Waals surface area contributed by atoms with Gasteiger partial charge in [-0.25, -0.2) is 0 Å². The van der Waals surface area contributed by atoms with Crippen molar-refractivity contribution in [3.05, 3.63) is 35.4 Å². The predicted molar refractivity (Wildman–Crippen MR) is 71.6 cm³/mol. The molecule has 0 heterocycles. The first kappa shape index (κ1) is 13.8. The molecular formula is C14H17ClO2. The average molecular weight is 253 g/mol. The van der Waals surface area contributed by atoms with Crippen LogP contribution in [0, 0.1) is 0 Å². The van der Waals surface area contributed by atoms with Crippen molar-refractivity contribution in [2.45, 2.75) is 26.2 Å². The van der Waals surface area contributed by atoms with Crippen molar-refractivity contribution in [3.8, 4) is 5.75 Å². The molecule has 3 heteroatoms. The molecule has 0 radical (unpaired) electrons. The van der Waals surface area contributed by atoms with E-state index in [2.05, 4.69) is 20.8 Å². The molecule has 92 valence electrons. The van der Waals surface area contributed by atoms with E-state index in [9.17, 15) is 4.79 Å². The summed E-state index contributed by atoms with van der Waals surface area (Å²) in [5.41, 5.74) is 1.92. The molecule has 0 aliphatic rings. The van der Waals surface area contributed by atoms with E-state index in [4.69, 9.17) is 16.3 Å². The Morgan fingerprint density at radius 1 is 1.35 bits per heavy atom. The van der Waals surface area contributed by atoms with Crippen LogP contribution in [0.15, 0.2) is 24.3 Å². The van der Waals surface area contributed by atoms with Crippen LogP contribution in [0.2, 0.25) is 0 Å². The third kappa shape index (κ3) is 3.34. The number of hydrogen-bond acceptors (Lipinski definition) is 2. The number of carbonyl (C=O) groups excluding carboxylic acids is 1. The number of allylic oxidation sites excluding steroid dienone is 1. The number of rotatable bonds is 3. The Hall–Kier alpha value is -1.28. The number of aldehydes is 1. The second kappa shape index (κ2) is 5.37. The van der Waals surface area contributed by atoms with Crippen molar-refractivity contribution in [1.29, 1.82) is 0 Å². The number of ether oxygens (including phenoxy) is 1. The summed E-state index contributed by atoms with van der Waals surface area (Å²) in [4.78, 5) is 10.5. The van der Waals surface area contributed by atoms with Gasteiger partial charge >= 0.3 is 0 Å². The van der Waals surface area contributed by atoms with Crippen LogP contribution < -0.4 is 4.74 Å². The van der Waals surface area contributed by atoms with Crippen molar-refractivity contribution in [2.75, 3.05) is 7.11 Å². The molecule has 0 aliphatic carbocycles. The summed E-state index contributed by atoms with van der Waals surface area (Å²) < 4.78 is 5.24. The fourth-order valence-corrected chi connectivity index (χ4v) is 1.71. The first-order valence-electron chi connectivity index (χ1n) is 5.40. The average Bonchev–Trinajstić information content (AvgIpc) is 2.27. The van der Waals surface area contributed by atoms with Crippen LogP contribution in [0.1, 0.15) is 31.9 Å². The number of hydrogen-bond donors (Lipinski definition) is 0. The molecule has 0 aromatic heterocycles. The molecule has 2 nitrogen and oxygen atoms in total.